The quantitative estimate of drug-likeness (QED) is 0.735. The van der Waals surface area contributed by atoms with Gasteiger partial charge in [0, 0.05) is 18.3 Å². The minimum Gasteiger partial charge on any atom is -0.353 e. The number of aryl methyl sites for hydroxylation is 1. The van der Waals surface area contributed by atoms with E-state index in [2.05, 4.69) is 52.9 Å². The average Bonchev–Trinajstić information content (AvgIpc) is 2.54. The normalized spacial score (nSPS) is 15.1. The smallest absolute Gasteiger partial charge is 0.134 e. The summed E-state index contributed by atoms with van der Waals surface area (Å²) in [4.78, 5) is 4.34. The van der Waals surface area contributed by atoms with Crippen LogP contribution in [-0.4, -0.2) is 12.9 Å². The van der Waals surface area contributed by atoms with Gasteiger partial charge in [0.05, 0.1) is 11.4 Å². The number of benzene rings is 2. The van der Waals surface area contributed by atoms with Crippen molar-refractivity contribution in [3.05, 3.63) is 53.6 Å². The summed E-state index contributed by atoms with van der Waals surface area (Å²) in [5.41, 5.74) is 5.53. The van der Waals surface area contributed by atoms with Gasteiger partial charge in [0.15, 0.2) is 0 Å². The molecule has 0 saturated heterocycles. The lowest BCUT2D eigenvalue weighted by Gasteiger charge is -2.09. The van der Waals surface area contributed by atoms with Crippen LogP contribution >= 0.6 is 0 Å². The maximum absolute atomic E-state index is 4.34. The number of anilines is 3. The van der Waals surface area contributed by atoms with Crippen molar-refractivity contribution in [2.24, 2.45) is 4.99 Å². The van der Waals surface area contributed by atoms with Gasteiger partial charge in [-0.15, -0.1) is 0 Å². The fourth-order valence-electron chi connectivity index (χ4n) is 2.19. The summed E-state index contributed by atoms with van der Waals surface area (Å²) >= 11 is 0. The highest BCUT2D eigenvalue weighted by atomic mass is 15.0. The number of aliphatic imine (C=N–C) groups is 1. The fourth-order valence-corrected chi connectivity index (χ4v) is 2.19. The highest BCUT2D eigenvalue weighted by Gasteiger charge is 2.16. The highest BCUT2D eigenvalue weighted by molar-refractivity contribution is 6.15. The van der Waals surface area contributed by atoms with E-state index >= 15 is 0 Å². The van der Waals surface area contributed by atoms with Crippen molar-refractivity contribution in [1.29, 1.82) is 0 Å². The number of para-hydroxylation sites is 1. The van der Waals surface area contributed by atoms with Gasteiger partial charge in [-0.1, -0.05) is 18.2 Å². The van der Waals surface area contributed by atoms with E-state index in [4.69, 9.17) is 0 Å². The maximum Gasteiger partial charge on any atom is 0.134 e. The first-order valence-electron chi connectivity index (χ1n) is 5.99. The molecular formula is C15H15N3. The third kappa shape index (κ3) is 1.74. The van der Waals surface area contributed by atoms with Crippen molar-refractivity contribution in [1.82, 2.24) is 0 Å². The number of hydrogen-bond donors (Lipinski definition) is 2. The molecule has 0 saturated carbocycles. The first-order valence-corrected chi connectivity index (χ1v) is 5.99. The molecule has 3 rings (SSSR count). The van der Waals surface area contributed by atoms with Crippen LogP contribution in [0.1, 0.15) is 11.1 Å². The summed E-state index contributed by atoms with van der Waals surface area (Å²) in [6.07, 6.45) is 0. The number of fused-ring (bicyclic) bond motifs is 2. The number of hydrogen-bond acceptors (Lipinski definition) is 2. The Hall–Kier alpha value is -2.29. The topological polar surface area (TPSA) is 36.4 Å². The predicted molar refractivity (Wildman–Crippen MR) is 77.0 cm³/mol. The summed E-state index contributed by atoms with van der Waals surface area (Å²) in [5, 5.41) is 6.84. The highest BCUT2D eigenvalue weighted by Crippen LogP contribution is 2.32. The van der Waals surface area contributed by atoms with E-state index < -0.39 is 0 Å². The van der Waals surface area contributed by atoms with Crippen LogP contribution in [0.2, 0.25) is 0 Å². The Balaban J connectivity index is 2.19. The zero-order valence-electron chi connectivity index (χ0n) is 10.5. The minimum absolute atomic E-state index is 0.891. The zero-order valence-corrected chi connectivity index (χ0v) is 10.5. The maximum atomic E-state index is 4.34. The van der Waals surface area contributed by atoms with Crippen LogP contribution in [0.4, 0.5) is 17.1 Å². The summed E-state index contributed by atoms with van der Waals surface area (Å²) in [5.74, 6) is 0.891. The van der Waals surface area contributed by atoms with Gasteiger partial charge in [-0.05, 0) is 36.8 Å². The molecule has 3 nitrogen and oxygen atoms in total. The molecule has 1 aliphatic rings. The molecule has 0 unspecified atom stereocenters. The molecule has 90 valence electrons. The Kier molecular flexibility index (Phi) is 2.52. The lowest BCUT2D eigenvalue weighted by molar-refractivity contribution is 1.41. The first kappa shape index (κ1) is 10.8. The molecule has 0 fully saturated rings. The van der Waals surface area contributed by atoms with Gasteiger partial charge in [-0.3, -0.25) is 4.99 Å². The van der Waals surface area contributed by atoms with E-state index in [1.807, 2.05) is 12.1 Å². The molecule has 0 spiro atoms. The van der Waals surface area contributed by atoms with Crippen LogP contribution in [0.25, 0.3) is 0 Å². The lowest BCUT2D eigenvalue weighted by atomic mass is 10.1. The molecule has 0 bridgehead atoms. The number of amidine groups is 1. The molecule has 0 aromatic heterocycles. The number of nitrogens with zero attached hydrogens (tertiary/aromatic N) is 1. The van der Waals surface area contributed by atoms with Crippen LogP contribution in [0, 0.1) is 6.92 Å². The van der Waals surface area contributed by atoms with Crippen molar-refractivity contribution < 1.29 is 0 Å². The van der Waals surface area contributed by atoms with Crippen molar-refractivity contribution in [3.8, 4) is 0 Å². The third-order valence-electron chi connectivity index (χ3n) is 3.10. The van der Waals surface area contributed by atoms with E-state index in [1.165, 1.54) is 5.56 Å². The lowest BCUT2D eigenvalue weighted by Crippen LogP contribution is -2.12. The monoisotopic (exact) mass is 237 g/mol. The molecule has 1 aliphatic heterocycles. The van der Waals surface area contributed by atoms with E-state index in [0.717, 1.165) is 28.5 Å². The van der Waals surface area contributed by atoms with Gasteiger partial charge >= 0.3 is 0 Å². The largest absolute Gasteiger partial charge is 0.353 e. The SMILES string of the molecule is CN=C1Nc2cc(C)ccc2Nc2ccccc21. The Morgan fingerprint density at radius 1 is 0.889 bits per heavy atom. The Morgan fingerprint density at radius 3 is 2.56 bits per heavy atom. The molecular weight excluding hydrogens is 222 g/mol. The van der Waals surface area contributed by atoms with Crippen molar-refractivity contribution in [2.45, 2.75) is 6.92 Å². The Morgan fingerprint density at radius 2 is 1.72 bits per heavy atom. The van der Waals surface area contributed by atoms with Crippen molar-refractivity contribution in [3.63, 3.8) is 0 Å². The van der Waals surface area contributed by atoms with E-state index in [-0.39, 0.29) is 0 Å². The van der Waals surface area contributed by atoms with Crippen LogP contribution < -0.4 is 10.6 Å². The summed E-state index contributed by atoms with van der Waals surface area (Å²) in [6.45, 7) is 2.09. The van der Waals surface area contributed by atoms with Gasteiger partial charge < -0.3 is 10.6 Å². The zero-order chi connectivity index (χ0) is 12.5. The summed E-state index contributed by atoms with van der Waals surface area (Å²) < 4.78 is 0. The van der Waals surface area contributed by atoms with Crippen LogP contribution in [0.3, 0.4) is 0 Å². The first-order chi connectivity index (χ1) is 8.78. The van der Waals surface area contributed by atoms with Crippen molar-refractivity contribution in [2.75, 3.05) is 17.7 Å². The summed E-state index contributed by atoms with van der Waals surface area (Å²) in [7, 11) is 1.81. The molecule has 0 amide bonds. The van der Waals surface area contributed by atoms with E-state index in [9.17, 15) is 0 Å². The van der Waals surface area contributed by atoms with Crippen LogP contribution in [-0.2, 0) is 0 Å². The van der Waals surface area contributed by atoms with E-state index in [0.29, 0.717) is 0 Å². The minimum atomic E-state index is 0.891. The third-order valence-corrected chi connectivity index (χ3v) is 3.10. The van der Waals surface area contributed by atoms with Gasteiger partial charge in [-0.2, -0.15) is 0 Å². The molecule has 2 aromatic carbocycles. The molecule has 18 heavy (non-hydrogen) atoms. The molecule has 0 atom stereocenters. The molecule has 0 radical (unpaired) electrons. The van der Waals surface area contributed by atoms with Crippen LogP contribution in [0.15, 0.2) is 47.5 Å². The molecule has 1 heterocycles. The standard InChI is InChI=1S/C15H15N3/c1-10-7-8-13-14(9-10)18-15(16-2)11-5-3-4-6-12(11)17-13/h3-9,17H,1-2H3,(H,16,18). The van der Waals surface area contributed by atoms with E-state index in [1.54, 1.807) is 7.05 Å². The molecule has 2 aromatic rings. The van der Waals surface area contributed by atoms with Gasteiger partial charge in [0.25, 0.3) is 0 Å². The average molecular weight is 237 g/mol. The van der Waals surface area contributed by atoms with Gasteiger partial charge in [0.2, 0.25) is 0 Å². The van der Waals surface area contributed by atoms with Gasteiger partial charge in [-0.25, -0.2) is 0 Å². The molecule has 3 heteroatoms. The second kappa shape index (κ2) is 4.18. The molecule has 2 N–H and O–H groups in total. The van der Waals surface area contributed by atoms with Crippen molar-refractivity contribution >= 4 is 22.9 Å². The van der Waals surface area contributed by atoms with Crippen LogP contribution in [0.5, 0.6) is 0 Å². The fraction of sp³-hybridized carbons (Fsp3) is 0.133. The molecule has 0 aliphatic carbocycles. The predicted octanol–water partition coefficient (Wildman–Crippen LogP) is 3.54. The second-order valence-electron chi connectivity index (χ2n) is 4.42. The number of nitrogens with one attached hydrogen (secondary N) is 2. The Bertz CT molecular complexity index is 629. The Labute approximate surface area is 107 Å². The summed E-state index contributed by atoms with van der Waals surface area (Å²) in [6, 6.07) is 14.5. The second-order valence-corrected chi connectivity index (χ2v) is 4.42. The number of rotatable bonds is 0. The van der Waals surface area contributed by atoms with Gasteiger partial charge in [0.1, 0.15) is 5.84 Å².